The van der Waals surface area contributed by atoms with Crippen LogP contribution < -0.4 is 24.7 Å². The highest BCUT2D eigenvalue weighted by Crippen LogP contribution is 2.29. The van der Waals surface area contributed by atoms with Crippen LogP contribution in [0.3, 0.4) is 0 Å². The average Bonchev–Trinajstić information content (AvgIpc) is 3.28. The van der Waals surface area contributed by atoms with E-state index in [0.29, 0.717) is 30.4 Å². The van der Waals surface area contributed by atoms with Crippen LogP contribution in [0.25, 0.3) is 5.57 Å². The Kier molecular flexibility index (Phi) is 9.60. The van der Waals surface area contributed by atoms with Crippen molar-refractivity contribution in [2.75, 3.05) is 28.4 Å². The highest BCUT2D eigenvalue weighted by molar-refractivity contribution is 5.99. The Labute approximate surface area is 219 Å². The number of rotatable bonds is 13. The maximum Gasteiger partial charge on any atom is 0.147 e. The predicted octanol–water partition coefficient (Wildman–Crippen LogP) is 5.25. The molecule has 37 heavy (non-hydrogen) atoms. The third-order valence-electron chi connectivity index (χ3n) is 6.18. The van der Waals surface area contributed by atoms with Crippen LogP contribution in [0.4, 0.5) is 0 Å². The number of allylic oxidation sites excluding steroid dienone is 1. The second kappa shape index (κ2) is 12.9. The van der Waals surface area contributed by atoms with Crippen molar-refractivity contribution in [3.63, 3.8) is 0 Å². The van der Waals surface area contributed by atoms with Gasteiger partial charge in [0.05, 0.1) is 47.2 Å². The van der Waals surface area contributed by atoms with Crippen molar-refractivity contribution in [2.24, 2.45) is 10.7 Å². The second-order valence-electron chi connectivity index (χ2n) is 8.75. The van der Waals surface area contributed by atoms with Crippen LogP contribution in [0.15, 0.2) is 48.0 Å². The molecule has 0 aliphatic carbocycles. The molecule has 1 aromatic heterocycles. The molecule has 1 heterocycles. The molecule has 0 atom stereocenters. The van der Waals surface area contributed by atoms with Crippen molar-refractivity contribution in [3.05, 3.63) is 71.3 Å². The molecule has 8 nitrogen and oxygen atoms in total. The number of nitrogens with zero attached hydrogens (tertiary/aromatic N) is 3. The summed E-state index contributed by atoms with van der Waals surface area (Å²) in [7, 11) is 6.55. The number of amidine groups is 1. The van der Waals surface area contributed by atoms with E-state index < -0.39 is 0 Å². The number of methoxy groups -OCH3 is 4. The molecule has 0 aliphatic heterocycles. The number of hydrogen-bond acceptors (Lipinski definition) is 6. The van der Waals surface area contributed by atoms with Gasteiger partial charge in [-0.1, -0.05) is 19.9 Å². The maximum atomic E-state index is 6.55. The molecule has 198 valence electrons. The first-order chi connectivity index (χ1) is 17.9. The molecule has 8 heteroatoms. The number of nitrogens with two attached hydrogens (primary N) is 1. The van der Waals surface area contributed by atoms with Crippen LogP contribution in [0.5, 0.6) is 23.0 Å². The Bertz CT molecular complexity index is 1260. The van der Waals surface area contributed by atoms with Crippen molar-refractivity contribution in [3.8, 4) is 23.0 Å². The number of ether oxygens (including phenoxy) is 4. The van der Waals surface area contributed by atoms with E-state index in [9.17, 15) is 0 Å². The van der Waals surface area contributed by atoms with Gasteiger partial charge in [0.1, 0.15) is 40.4 Å². The van der Waals surface area contributed by atoms with Crippen LogP contribution in [0.2, 0.25) is 0 Å². The van der Waals surface area contributed by atoms with E-state index in [2.05, 4.69) is 23.1 Å². The Morgan fingerprint density at radius 3 is 2.08 bits per heavy atom. The fraction of sp³-hybridized carbons (Fsp3) is 0.379. The van der Waals surface area contributed by atoms with E-state index in [4.69, 9.17) is 29.7 Å². The molecule has 3 aromatic rings. The molecule has 0 aliphatic rings. The van der Waals surface area contributed by atoms with E-state index in [0.717, 1.165) is 64.7 Å². The van der Waals surface area contributed by atoms with Gasteiger partial charge in [-0.05, 0) is 43.2 Å². The molecule has 0 fully saturated rings. The van der Waals surface area contributed by atoms with Crippen molar-refractivity contribution >= 4 is 11.4 Å². The van der Waals surface area contributed by atoms with Crippen molar-refractivity contribution in [1.82, 2.24) is 9.55 Å². The number of unbranched alkanes of at least 4 members (excludes halogenated alkanes) is 1. The Morgan fingerprint density at radius 1 is 0.946 bits per heavy atom. The smallest absolute Gasteiger partial charge is 0.147 e. The van der Waals surface area contributed by atoms with Crippen molar-refractivity contribution < 1.29 is 18.9 Å². The molecule has 0 unspecified atom stereocenters. The predicted molar refractivity (Wildman–Crippen MR) is 148 cm³/mol. The van der Waals surface area contributed by atoms with E-state index in [1.165, 1.54) is 0 Å². The van der Waals surface area contributed by atoms with E-state index in [-0.39, 0.29) is 0 Å². The first-order valence-electron chi connectivity index (χ1n) is 12.3. The number of benzene rings is 2. The lowest BCUT2D eigenvalue weighted by Crippen LogP contribution is -2.17. The zero-order chi connectivity index (χ0) is 26.9. The number of hydrogen-bond donors (Lipinski definition) is 1. The van der Waals surface area contributed by atoms with Gasteiger partial charge in [-0.3, -0.25) is 4.99 Å². The molecule has 0 spiro atoms. The van der Waals surface area contributed by atoms with Crippen LogP contribution in [-0.4, -0.2) is 43.8 Å². The molecule has 0 radical (unpaired) electrons. The van der Waals surface area contributed by atoms with Gasteiger partial charge in [0.15, 0.2) is 0 Å². The Balaban J connectivity index is 2.04. The van der Waals surface area contributed by atoms with Crippen LogP contribution in [0, 0.1) is 0 Å². The van der Waals surface area contributed by atoms with Crippen molar-refractivity contribution in [2.45, 2.75) is 46.2 Å². The first kappa shape index (κ1) is 27.6. The molecule has 2 N–H and O–H groups in total. The lowest BCUT2D eigenvalue weighted by molar-refractivity contribution is 0.390. The third-order valence-corrected chi connectivity index (χ3v) is 6.18. The van der Waals surface area contributed by atoms with Gasteiger partial charge in [-0.25, -0.2) is 4.98 Å². The molecular formula is C29H38N4O4. The van der Waals surface area contributed by atoms with Gasteiger partial charge >= 0.3 is 0 Å². The zero-order valence-electron chi connectivity index (χ0n) is 22.8. The van der Waals surface area contributed by atoms with Gasteiger partial charge in [0, 0.05) is 29.7 Å². The molecule has 2 aromatic carbocycles. The second-order valence-corrected chi connectivity index (χ2v) is 8.75. The zero-order valence-corrected chi connectivity index (χ0v) is 22.8. The summed E-state index contributed by atoms with van der Waals surface area (Å²) in [6.45, 7) is 9.27. The summed E-state index contributed by atoms with van der Waals surface area (Å²) >= 11 is 0. The minimum absolute atomic E-state index is 0.345. The molecule has 0 amide bonds. The van der Waals surface area contributed by atoms with Gasteiger partial charge in [-0.15, -0.1) is 0 Å². The fourth-order valence-corrected chi connectivity index (χ4v) is 4.19. The number of aryl methyl sites for hydroxylation is 1. The Hall–Kier alpha value is -3.94. The largest absolute Gasteiger partial charge is 0.497 e. The third kappa shape index (κ3) is 6.44. The van der Waals surface area contributed by atoms with Crippen molar-refractivity contribution in [1.29, 1.82) is 0 Å². The SMILES string of the molecule is C=C(C)c1c(C(N)=NCc2ccc(OC)cc2OC)nc(CCCC)n1Cc1ccc(OC)cc1OC. The number of imidazole rings is 1. The first-order valence-corrected chi connectivity index (χ1v) is 12.3. The summed E-state index contributed by atoms with van der Waals surface area (Å²) in [5.74, 6) is 4.19. The van der Waals surface area contributed by atoms with E-state index in [1.54, 1.807) is 28.4 Å². The quantitative estimate of drug-likeness (QED) is 0.252. The topological polar surface area (TPSA) is 93.1 Å². The molecule has 0 saturated heterocycles. The van der Waals surface area contributed by atoms with Gasteiger partial charge in [0.2, 0.25) is 0 Å². The minimum atomic E-state index is 0.345. The van der Waals surface area contributed by atoms with Crippen LogP contribution in [0.1, 0.15) is 55.0 Å². The standard InChI is InChI=1S/C29H38N4O4/c1-8-9-10-26-32-27(29(30)31-17-20-11-13-22(34-4)15-24(20)36-6)28(19(2)3)33(26)18-21-12-14-23(35-5)16-25(21)37-7/h11-16H,2,8-10,17-18H2,1,3-7H3,(H2,30,31). The summed E-state index contributed by atoms with van der Waals surface area (Å²) in [5, 5.41) is 0. The van der Waals surface area contributed by atoms with E-state index >= 15 is 0 Å². The normalized spacial score (nSPS) is 11.4. The summed E-state index contributed by atoms with van der Waals surface area (Å²) < 4.78 is 24.0. The Morgan fingerprint density at radius 2 is 1.54 bits per heavy atom. The van der Waals surface area contributed by atoms with Crippen LogP contribution in [-0.2, 0) is 19.5 Å². The van der Waals surface area contributed by atoms with Gasteiger partial charge in [-0.2, -0.15) is 0 Å². The molecule has 3 rings (SSSR count). The number of aromatic nitrogens is 2. The van der Waals surface area contributed by atoms with Gasteiger partial charge in [0.25, 0.3) is 0 Å². The van der Waals surface area contributed by atoms with Gasteiger partial charge < -0.3 is 29.2 Å². The average molecular weight is 507 g/mol. The monoisotopic (exact) mass is 506 g/mol. The summed E-state index contributed by atoms with van der Waals surface area (Å²) in [5.41, 5.74) is 10.8. The minimum Gasteiger partial charge on any atom is -0.497 e. The highest BCUT2D eigenvalue weighted by atomic mass is 16.5. The molecular weight excluding hydrogens is 468 g/mol. The molecule has 0 saturated carbocycles. The molecule has 0 bridgehead atoms. The lowest BCUT2D eigenvalue weighted by Gasteiger charge is -2.16. The fourth-order valence-electron chi connectivity index (χ4n) is 4.19. The highest BCUT2D eigenvalue weighted by Gasteiger charge is 2.21. The lowest BCUT2D eigenvalue weighted by atomic mass is 10.1. The number of aliphatic imine (C=N–C) groups is 1. The summed E-state index contributed by atoms with van der Waals surface area (Å²) in [6, 6.07) is 11.5. The van der Waals surface area contributed by atoms with E-state index in [1.807, 2.05) is 43.3 Å². The summed E-state index contributed by atoms with van der Waals surface area (Å²) in [6.07, 6.45) is 2.87. The van der Waals surface area contributed by atoms with Crippen LogP contribution >= 0.6 is 0 Å². The summed E-state index contributed by atoms with van der Waals surface area (Å²) in [4.78, 5) is 9.65. The maximum absolute atomic E-state index is 6.55.